The molecule has 3 nitrogen and oxygen atoms in total. The smallest absolute Gasteiger partial charge is 0.262 e. The van der Waals surface area contributed by atoms with Crippen LogP contribution in [0.2, 0.25) is 0 Å². The first-order chi connectivity index (χ1) is 8.39. The SMILES string of the molecule is CC(C)C1CN(C(=O)C2CC(F)(F)CN2)CCS1. The van der Waals surface area contributed by atoms with Crippen LogP contribution in [-0.4, -0.2) is 53.4 Å². The molecule has 2 unspecified atom stereocenters. The molecule has 0 spiro atoms. The second-order valence-corrected chi connectivity index (χ2v) is 6.78. The van der Waals surface area contributed by atoms with E-state index in [0.717, 1.165) is 5.75 Å². The molecule has 0 aromatic heterocycles. The van der Waals surface area contributed by atoms with Gasteiger partial charge in [-0.1, -0.05) is 13.8 Å². The summed E-state index contributed by atoms with van der Waals surface area (Å²) < 4.78 is 26.2. The first kappa shape index (κ1) is 14.1. The van der Waals surface area contributed by atoms with Gasteiger partial charge in [-0.3, -0.25) is 10.1 Å². The van der Waals surface area contributed by atoms with Gasteiger partial charge in [-0.25, -0.2) is 8.78 Å². The van der Waals surface area contributed by atoms with Crippen molar-refractivity contribution in [2.45, 2.75) is 37.5 Å². The van der Waals surface area contributed by atoms with Gasteiger partial charge in [-0.15, -0.1) is 0 Å². The normalized spacial score (nSPS) is 31.9. The van der Waals surface area contributed by atoms with Crippen LogP contribution in [0.15, 0.2) is 0 Å². The van der Waals surface area contributed by atoms with Crippen LogP contribution >= 0.6 is 11.8 Å². The van der Waals surface area contributed by atoms with E-state index in [-0.39, 0.29) is 18.9 Å². The number of nitrogens with zero attached hydrogens (tertiary/aromatic N) is 1. The zero-order valence-electron chi connectivity index (χ0n) is 10.8. The molecular formula is C12H20F2N2OS. The number of halogens is 2. The van der Waals surface area contributed by atoms with Crippen molar-refractivity contribution in [1.29, 1.82) is 0 Å². The Balaban J connectivity index is 1.93. The fourth-order valence-electron chi connectivity index (χ4n) is 2.39. The fraction of sp³-hybridized carbons (Fsp3) is 0.917. The minimum atomic E-state index is -2.73. The predicted molar refractivity (Wildman–Crippen MR) is 69.0 cm³/mol. The van der Waals surface area contributed by atoms with Crippen molar-refractivity contribution in [1.82, 2.24) is 10.2 Å². The lowest BCUT2D eigenvalue weighted by atomic mass is 10.1. The summed E-state index contributed by atoms with van der Waals surface area (Å²) in [6, 6.07) is -0.698. The van der Waals surface area contributed by atoms with Crippen molar-refractivity contribution in [3.05, 3.63) is 0 Å². The highest BCUT2D eigenvalue weighted by molar-refractivity contribution is 8.00. The number of alkyl halides is 2. The third kappa shape index (κ3) is 3.15. The van der Waals surface area contributed by atoms with E-state index in [0.29, 0.717) is 24.3 Å². The maximum atomic E-state index is 13.1. The highest BCUT2D eigenvalue weighted by Gasteiger charge is 2.44. The van der Waals surface area contributed by atoms with Gasteiger partial charge in [-0.2, -0.15) is 11.8 Å². The third-order valence-corrected chi connectivity index (χ3v) is 5.10. The van der Waals surface area contributed by atoms with E-state index in [9.17, 15) is 13.6 Å². The molecule has 1 N–H and O–H groups in total. The zero-order chi connectivity index (χ0) is 13.3. The Morgan fingerprint density at radius 2 is 2.22 bits per heavy atom. The van der Waals surface area contributed by atoms with Crippen molar-refractivity contribution >= 4 is 17.7 Å². The summed E-state index contributed by atoms with van der Waals surface area (Å²) >= 11 is 1.87. The molecule has 0 aliphatic carbocycles. The molecule has 0 radical (unpaired) electrons. The number of carbonyl (C=O) groups is 1. The van der Waals surface area contributed by atoms with Gasteiger partial charge in [-0.05, 0) is 5.92 Å². The third-order valence-electron chi connectivity index (χ3n) is 3.56. The van der Waals surface area contributed by atoms with Gasteiger partial charge in [0.25, 0.3) is 5.92 Å². The Morgan fingerprint density at radius 3 is 2.78 bits per heavy atom. The average molecular weight is 278 g/mol. The standard InChI is InChI=1S/C12H20F2N2OS/c1-8(2)10-6-16(3-4-18-10)11(17)9-5-12(13,14)7-15-9/h8-10,15H,3-7H2,1-2H3. The molecule has 0 bridgehead atoms. The van der Waals surface area contributed by atoms with E-state index in [1.165, 1.54) is 0 Å². The molecule has 0 aromatic rings. The van der Waals surface area contributed by atoms with Gasteiger partial charge in [0, 0.05) is 30.5 Å². The summed E-state index contributed by atoms with van der Waals surface area (Å²) in [6.07, 6.45) is -0.359. The Hall–Kier alpha value is -0.360. The first-order valence-electron chi connectivity index (χ1n) is 6.41. The molecule has 2 atom stereocenters. The Labute approximate surface area is 111 Å². The minimum absolute atomic E-state index is 0.155. The van der Waals surface area contributed by atoms with Gasteiger partial charge >= 0.3 is 0 Å². The highest BCUT2D eigenvalue weighted by atomic mass is 32.2. The van der Waals surface area contributed by atoms with E-state index in [1.807, 2.05) is 11.8 Å². The van der Waals surface area contributed by atoms with Crippen molar-refractivity contribution < 1.29 is 13.6 Å². The summed E-state index contributed by atoms with van der Waals surface area (Å²) in [5.74, 6) is -1.48. The first-order valence-corrected chi connectivity index (χ1v) is 7.45. The maximum Gasteiger partial charge on any atom is 0.262 e. The molecule has 104 valence electrons. The van der Waals surface area contributed by atoms with E-state index in [2.05, 4.69) is 19.2 Å². The van der Waals surface area contributed by atoms with Crippen LogP contribution in [0.25, 0.3) is 0 Å². The van der Waals surface area contributed by atoms with Crippen LogP contribution in [0.5, 0.6) is 0 Å². The lowest BCUT2D eigenvalue weighted by Gasteiger charge is -2.35. The zero-order valence-corrected chi connectivity index (χ0v) is 11.6. The highest BCUT2D eigenvalue weighted by Crippen LogP contribution is 2.29. The average Bonchev–Trinajstić information content (AvgIpc) is 2.69. The Kier molecular flexibility index (Phi) is 4.16. The summed E-state index contributed by atoms with van der Waals surface area (Å²) in [4.78, 5) is 13.9. The van der Waals surface area contributed by atoms with E-state index >= 15 is 0 Å². The molecule has 2 saturated heterocycles. The van der Waals surface area contributed by atoms with Gasteiger partial charge < -0.3 is 4.90 Å². The van der Waals surface area contributed by atoms with Crippen LogP contribution < -0.4 is 5.32 Å². The van der Waals surface area contributed by atoms with E-state index in [1.54, 1.807) is 4.90 Å². The molecule has 2 rings (SSSR count). The van der Waals surface area contributed by atoms with E-state index in [4.69, 9.17) is 0 Å². The molecule has 2 aliphatic rings. The van der Waals surface area contributed by atoms with Crippen molar-refractivity contribution in [2.75, 3.05) is 25.4 Å². The number of amides is 1. The predicted octanol–water partition coefficient (Wildman–Crippen LogP) is 1.58. The second-order valence-electron chi connectivity index (χ2n) is 5.43. The lowest BCUT2D eigenvalue weighted by Crippen LogP contribution is -2.49. The monoisotopic (exact) mass is 278 g/mol. The minimum Gasteiger partial charge on any atom is -0.339 e. The Bertz CT molecular complexity index is 325. The molecule has 6 heteroatoms. The Morgan fingerprint density at radius 1 is 1.50 bits per heavy atom. The maximum absolute atomic E-state index is 13.1. The van der Waals surface area contributed by atoms with Gasteiger partial charge in [0.1, 0.15) is 0 Å². The number of rotatable bonds is 2. The van der Waals surface area contributed by atoms with Crippen molar-refractivity contribution in [2.24, 2.45) is 5.92 Å². The van der Waals surface area contributed by atoms with E-state index < -0.39 is 12.0 Å². The molecular weight excluding hydrogens is 258 g/mol. The molecule has 0 aromatic carbocycles. The molecule has 2 heterocycles. The van der Waals surface area contributed by atoms with Gasteiger partial charge in [0.05, 0.1) is 12.6 Å². The van der Waals surface area contributed by atoms with Crippen molar-refractivity contribution in [3.8, 4) is 0 Å². The number of carbonyl (C=O) groups excluding carboxylic acids is 1. The number of hydrogen-bond acceptors (Lipinski definition) is 3. The van der Waals surface area contributed by atoms with Gasteiger partial charge in [0.15, 0.2) is 0 Å². The quantitative estimate of drug-likeness (QED) is 0.832. The van der Waals surface area contributed by atoms with Crippen LogP contribution in [0.1, 0.15) is 20.3 Å². The number of hydrogen-bond donors (Lipinski definition) is 1. The largest absolute Gasteiger partial charge is 0.339 e. The fourth-order valence-corrected chi connectivity index (χ4v) is 3.69. The van der Waals surface area contributed by atoms with Crippen LogP contribution in [0, 0.1) is 5.92 Å². The summed E-state index contributed by atoms with van der Waals surface area (Å²) in [6.45, 7) is 5.25. The molecule has 1 amide bonds. The van der Waals surface area contributed by atoms with Crippen LogP contribution in [-0.2, 0) is 4.79 Å². The second kappa shape index (κ2) is 5.33. The topological polar surface area (TPSA) is 32.3 Å². The lowest BCUT2D eigenvalue weighted by molar-refractivity contribution is -0.133. The molecule has 0 saturated carbocycles. The summed E-state index contributed by atoms with van der Waals surface area (Å²) in [7, 11) is 0. The van der Waals surface area contributed by atoms with Gasteiger partial charge in [0.2, 0.25) is 5.91 Å². The molecule has 18 heavy (non-hydrogen) atoms. The number of nitrogens with one attached hydrogen (secondary N) is 1. The van der Waals surface area contributed by atoms with Crippen molar-refractivity contribution in [3.63, 3.8) is 0 Å². The molecule has 2 aliphatic heterocycles. The number of thioether (sulfide) groups is 1. The van der Waals surface area contributed by atoms with Crippen LogP contribution in [0.4, 0.5) is 8.78 Å². The summed E-state index contributed by atoms with van der Waals surface area (Å²) in [5, 5.41) is 3.06. The van der Waals surface area contributed by atoms with Crippen LogP contribution in [0.3, 0.4) is 0 Å². The molecule has 2 fully saturated rings. The summed E-state index contributed by atoms with van der Waals surface area (Å²) in [5.41, 5.74) is 0.